The minimum Gasteiger partial charge on any atom is -0.462 e. The van der Waals surface area contributed by atoms with Gasteiger partial charge in [0.15, 0.2) is 39.3 Å². The molecule has 142 heavy (non-hydrogen) atoms. The van der Waals surface area contributed by atoms with Crippen LogP contribution in [0.1, 0.15) is 125 Å². The molecule has 4 aliphatic rings. The molecule has 0 radical (unpaired) electrons. The second-order valence-electron chi connectivity index (χ2n) is 35.9. The van der Waals surface area contributed by atoms with Crippen molar-refractivity contribution in [2.45, 2.75) is 73.9 Å². The van der Waals surface area contributed by atoms with Gasteiger partial charge in [0.25, 0.3) is 23.6 Å². The van der Waals surface area contributed by atoms with Crippen LogP contribution in [0.3, 0.4) is 0 Å². The number of hydrogen-bond acceptors (Lipinski definition) is 21. The summed E-state index contributed by atoms with van der Waals surface area (Å²) in [5, 5.41) is 24.6. The molecule has 0 aliphatic carbocycles. The molecule has 4 amide bonds. The van der Waals surface area contributed by atoms with Crippen molar-refractivity contribution < 1.29 is 72.3 Å². The van der Waals surface area contributed by atoms with Crippen LogP contribution in [0.25, 0.3) is 44.5 Å². The minimum absolute atomic E-state index is 0.00744. The highest BCUT2D eigenvalue weighted by Gasteiger charge is 2.27. The monoisotopic (exact) mass is 2050 g/mol. The van der Waals surface area contributed by atoms with E-state index in [1.807, 2.05) is 239 Å². The zero-order valence-corrected chi connectivity index (χ0v) is 84.8. The molecule has 25 nitrogen and oxygen atoms in total. The lowest BCUT2D eigenvalue weighted by Crippen LogP contribution is -2.39. The van der Waals surface area contributed by atoms with E-state index >= 15 is 0 Å². The molecule has 0 saturated carbocycles. The maximum atomic E-state index is 12.9. The third kappa shape index (κ3) is 30.4. The smallest absolute Gasteiger partial charge is 0.338 e. The summed E-state index contributed by atoms with van der Waals surface area (Å²) >= 11 is 3.51. The van der Waals surface area contributed by atoms with E-state index in [4.69, 9.17) is 4.74 Å². The maximum absolute atomic E-state index is 12.9. The molecule has 4 aliphatic heterocycles. The Labute approximate surface area is 840 Å². The summed E-state index contributed by atoms with van der Waals surface area (Å²) in [6, 6.07) is 91.7. The van der Waals surface area contributed by atoms with Crippen molar-refractivity contribution >= 4 is 120 Å². The number of nitrogens with zero attached hydrogens (tertiary/aromatic N) is 4. The van der Waals surface area contributed by atoms with Crippen LogP contribution in [0.15, 0.2) is 296 Å². The number of carbonyl (C=O) groups is 6. The Morgan fingerprint density at radius 2 is 0.599 bits per heavy atom. The lowest BCUT2D eigenvalue weighted by Gasteiger charge is -2.26. The van der Waals surface area contributed by atoms with Crippen molar-refractivity contribution in [1.29, 1.82) is 0 Å². The lowest BCUT2D eigenvalue weighted by atomic mass is 9.97. The van der Waals surface area contributed by atoms with Crippen molar-refractivity contribution in [2.75, 3.05) is 132 Å². The van der Waals surface area contributed by atoms with Gasteiger partial charge in [-0.15, -0.1) is 0 Å². The number of aldehydes is 1. The van der Waals surface area contributed by atoms with Gasteiger partial charge < -0.3 is 36.4 Å². The minimum atomic E-state index is -2.89. The van der Waals surface area contributed by atoms with E-state index in [0.29, 0.717) is 142 Å². The molecule has 736 valence electrons. The van der Waals surface area contributed by atoms with Crippen LogP contribution in [-0.4, -0.2) is 199 Å². The molecule has 30 heteroatoms. The molecule has 0 unspecified atom stereocenters. The number of rotatable bonds is 27. The third-order valence-electron chi connectivity index (χ3n) is 25.3. The van der Waals surface area contributed by atoms with Gasteiger partial charge in [-0.3, -0.25) is 43.6 Å². The molecule has 0 aromatic heterocycles. The Balaban J connectivity index is 0.000000151. The van der Waals surface area contributed by atoms with E-state index in [9.17, 15) is 67.5 Å². The van der Waals surface area contributed by atoms with E-state index in [2.05, 4.69) is 93.3 Å². The summed E-state index contributed by atoms with van der Waals surface area (Å²) in [4.78, 5) is 82.7. The average Bonchev–Trinajstić information content (AvgIpc) is 0.831. The summed E-state index contributed by atoms with van der Waals surface area (Å²) < 4.78 is 98.9. The number of ether oxygens (including phenoxy) is 1. The highest BCUT2D eigenvalue weighted by Crippen LogP contribution is 2.33. The van der Waals surface area contributed by atoms with Gasteiger partial charge in [-0.1, -0.05) is 162 Å². The normalized spacial score (nSPS) is 15.4. The Morgan fingerprint density at radius 3 is 0.901 bits per heavy atom. The van der Waals surface area contributed by atoms with Gasteiger partial charge in [-0.2, -0.15) is 0 Å². The molecular formula is C112H116BrN9O16S4. The number of sulfone groups is 4. The van der Waals surface area contributed by atoms with E-state index in [-0.39, 0.29) is 82.2 Å². The quantitative estimate of drug-likeness (QED) is 0.0206. The maximum Gasteiger partial charge on any atom is 0.338 e. The van der Waals surface area contributed by atoms with E-state index in [0.717, 1.165) is 111 Å². The first-order valence-electron chi connectivity index (χ1n) is 47.0. The fourth-order valence-electron chi connectivity index (χ4n) is 16.7. The van der Waals surface area contributed by atoms with Crippen molar-refractivity contribution in [3.63, 3.8) is 0 Å². The van der Waals surface area contributed by atoms with Gasteiger partial charge in [-0.25, -0.2) is 38.5 Å². The number of anilines is 5. The lowest BCUT2D eigenvalue weighted by molar-refractivity contribution is 0.0525. The van der Waals surface area contributed by atoms with Crippen LogP contribution >= 0.6 is 15.9 Å². The number of carbonyl (C=O) groups excluding carboxylic acids is 6. The number of aryl methyl sites for hydroxylation is 4. The predicted molar refractivity (Wildman–Crippen MR) is 568 cm³/mol. The Bertz CT molecular complexity index is 7110. The van der Waals surface area contributed by atoms with Crippen LogP contribution in [0.5, 0.6) is 0 Å². The Kier molecular flexibility index (Phi) is 35.7. The molecule has 17 rings (SSSR count). The van der Waals surface area contributed by atoms with Crippen LogP contribution in [0, 0.1) is 27.7 Å². The third-order valence-corrected chi connectivity index (χ3v) is 32.2. The number of nitrogens with one attached hydrogen (secondary N) is 5. The van der Waals surface area contributed by atoms with Gasteiger partial charge in [0, 0.05) is 146 Å². The van der Waals surface area contributed by atoms with Crippen molar-refractivity contribution in [3.8, 4) is 44.5 Å². The SMILES string of the molecule is CCOC(=O)c1ccc(C)c(-c2ccc(C(=O)Nc3ccc(CN4CCS(=O)(=O)CC4)cc3)cc2)c1.Cc1ccc(C=O)cc1-c1ccc(C(=O)Nc2ccc(CN3CCS(=O)(=O)CC3)cc2)cc1.Cc1ccc(CNc2cccc(Br)c2)cc1-c1ccc(C(=O)Nc2ccc(CN3CCS(=O)(=O)CC3)cc2)cc1.Cc1ccc(CO)cc1-c1ccc(C(=O)Nc2ccc(CN3CCS(=O)(=O)CC3)cc2)cc1. The molecular weight excluding hydrogens is 1940 g/mol. The molecule has 0 atom stereocenters. The second kappa shape index (κ2) is 48.5. The zero-order valence-electron chi connectivity index (χ0n) is 79.9. The number of esters is 1. The molecule has 13 aromatic rings. The predicted octanol–water partition coefficient (Wildman–Crippen LogP) is 18.4. The number of halogens is 1. The van der Waals surface area contributed by atoms with Crippen molar-refractivity contribution in [3.05, 3.63) is 385 Å². The molecule has 13 aromatic carbocycles. The first-order chi connectivity index (χ1) is 68.1. The summed E-state index contributed by atoms with van der Waals surface area (Å²) in [5.74, 6) is 0.575. The van der Waals surface area contributed by atoms with Gasteiger partial charge in [0.2, 0.25) is 0 Å². The molecule has 6 N–H and O–H groups in total. The summed E-state index contributed by atoms with van der Waals surface area (Å²) in [7, 11) is -11.5. The second-order valence-corrected chi connectivity index (χ2v) is 46.0. The van der Waals surface area contributed by atoms with Gasteiger partial charge in [-0.05, 0) is 280 Å². The zero-order chi connectivity index (χ0) is 101. The number of hydrogen-bond donors (Lipinski definition) is 6. The van der Waals surface area contributed by atoms with Crippen LogP contribution < -0.4 is 26.6 Å². The summed E-state index contributed by atoms with van der Waals surface area (Å²) in [6.07, 6.45) is 0.826. The van der Waals surface area contributed by atoms with E-state index in [1.165, 1.54) is 11.1 Å². The largest absolute Gasteiger partial charge is 0.462 e. The average molecular weight is 2050 g/mol. The molecule has 4 saturated heterocycles. The molecule has 0 bridgehead atoms. The molecule has 0 spiro atoms. The summed E-state index contributed by atoms with van der Waals surface area (Å²) in [6.45, 7) is 18.1. The Morgan fingerprint density at radius 1 is 0.324 bits per heavy atom. The van der Waals surface area contributed by atoms with E-state index in [1.54, 1.807) is 55.5 Å². The number of aliphatic hydroxyl groups is 1. The van der Waals surface area contributed by atoms with Gasteiger partial charge >= 0.3 is 5.97 Å². The number of amides is 4. The van der Waals surface area contributed by atoms with E-state index < -0.39 is 39.3 Å². The van der Waals surface area contributed by atoms with Crippen LogP contribution in [0.2, 0.25) is 0 Å². The standard InChI is InChI=1S/C32H32BrN3O3S.C28H30N2O5S.C26H28N2O4S.C26H26N2O4S/c1-23-5-6-25(21-34-30-4-2-3-28(33)20-30)19-31(23)26-9-11-27(12-10-26)32(37)35-29-13-7-24(8-14-29)22-36-15-17-40(38,39)18-16-36;1-3-35-28(32)24-7-4-20(2)26(18-24)22-8-10-23(11-9-22)27(31)29-25-12-5-21(6-13-25)19-30-14-16-36(33,34)17-15-30;2*1-19-2-3-21(18-29)16-25(19)22-6-8-23(9-7-22)26(30)27-24-10-4-20(5-11-24)17-28-12-14-33(31,32)15-13-28/h2-14,19-20,34H,15-18,21-22H2,1H3,(H,35,37);4-13,18H,3,14-17,19H2,1-2H3,(H,29,31);2-11,16,29H,12-15,17-18H2,1H3,(H,27,30);2-11,16,18H,12-15,17H2,1H3,(H,27,30). The fraction of sp³-hybridized carbons (Fsp3) is 0.250. The van der Waals surface area contributed by atoms with Crippen LogP contribution in [0.4, 0.5) is 28.4 Å². The first-order valence-corrected chi connectivity index (χ1v) is 55.1. The van der Waals surface area contributed by atoms with Crippen molar-refractivity contribution in [2.24, 2.45) is 0 Å². The van der Waals surface area contributed by atoms with Gasteiger partial charge in [0.1, 0.15) is 6.29 Å². The fourth-order valence-corrected chi connectivity index (χ4v) is 22.2. The van der Waals surface area contributed by atoms with Crippen LogP contribution in [-0.2, 0) is 83.4 Å². The summed E-state index contributed by atoms with van der Waals surface area (Å²) in [5.41, 5.74) is 25.9. The molecule has 4 fully saturated rings. The Hall–Kier alpha value is -13.2. The number of benzene rings is 13. The first kappa shape index (κ1) is 105. The highest BCUT2D eigenvalue weighted by molar-refractivity contribution is 9.10. The van der Waals surface area contributed by atoms with Crippen molar-refractivity contribution in [1.82, 2.24) is 19.6 Å². The topological polar surface area (TPSA) is 342 Å². The highest BCUT2D eigenvalue weighted by atomic mass is 79.9. The number of aliphatic hydroxyl groups excluding tert-OH is 1. The molecule has 4 heterocycles. The van der Waals surface area contributed by atoms with Gasteiger partial charge in [0.05, 0.1) is 64.8 Å².